The standard InChI is InChI=1S/C12H12N2O4S2/c13-20(17,18)14(11-7-3-1-4-8-11)19(15,16)12-9-5-2-6-10-12/h1-10H,(H2,13,17,18). The molecule has 0 aliphatic rings. The van der Waals surface area contributed by atoms with E-state index in [0.29, 0.717) is 0 Å². The molecule has 0 aromatic heterocycles. The van der Waals surface area contributed by atoms with Crippen LogP contribution < -0.4 is 8.85 Å². The maximum Gasteiger partial charge on any atom is 0.312 e. The molecule has 20 heavy (non-hydrogen) atoms. The van der Waals surface area contributed by atoms with Crippen LogP contribution in [-0.2, 0) is 20.2 Å². The summed E-state index contributed by atoms with van der Waals surface area (Å²) in [5, 5.41) is 5.05. The second-order valence-electron chi connectivity index (χ2n) is 3.90. The van der Waals surface area contributed by atoms with E-state index in [1.165, 1.54) is 48.5 Å². The van der Waals surface area contributed by atoms with Crippen molar-refractivity contribution >= 4 is 25.9 Å². The van der Waals surface area contributed by atoms with E-state index < -0.39 is 20.2 Å². The smallest absolute Gasteiger partial charge is 0.210 e. The number of hydrogen-bond donors (Lipinski definition) is 1. The van der Waals surface area contributed by atoms with Gasteiger partial charge in [0, 0.05) is 0 Å². The first-order valence-electron chi connectivity index (χ1n) is 5.52. The van der Waals surface area contributed by atoms with Crippen LogP contribution in [0, 0.1) is 0 Å². The van der Waals surface area contributed by atoms with Crippen molar-refractivity contribution in [2.45, 2.75) is 4.90 Å². The number of sulfonamides is 1. The Kier molecular flexibility index (Phi) is 3.80. The van der Waals surface area contributed by atoms with E-state index in [9.17, 15) is 16.8 Å². The molecule has 106 valence electrons. The van der Waals surface area contributed by atoms with Crippen LogP contribution in [0.5, 0.6) is 0 Å². The van der Waals surface area contributed by atoms with Gasteiger partial charge >= 0.3 is 10.2 Å². The highest BCUT2D eigenvalue weighted by atomic mass is 32.3. The predicted octanol–water partition coefficient (Wildman–Crippen LogP) is 1.09. The lowest BCUT2D eigenvalue weighted by atomic mass is 10.3. The SMILES string of the molecule is NS(=O)(=O)N(c1ccccc1)S(=O)(=O)c1ccccc1. The Labute approximate surface area is 117 Å². The number of nitrogens with two attached hydrogens (primary N) is 1. The van der Waals surface area contributed by atoms with Gasteiger partial charge in [0.1, 0.15) is 0 Å². The molecule has 0 aliphatic heterocycles. The highest BCUT2D eigenvalue weighted by Gasteiger charge is 2.32. The predicted molar refractivity (Wildman–Crippen MR) is 75.7 cm³/mol. The fraction of sp³-hybridized carbons (Fsp3) is 0. The summed E-state index contributed by atoms with van der Waals surface area (Å²) >= 11 is 0. The molecule has 0 saturated heterocycles. The van der Waals surface area contributed by atoms with Crippen LogP contribution in [-0.4, -0.2) is 16.8 Å². The zero-order valence-electron chi connectivity index (χ0n) is 10.2. The summed E-state index contributed by atoms with van der Waals surface area (Å²) in [5.74, 6) is 0. The van der Waals surface area contributed by atoms with Gasteiger partial charge in [0.15, 0.2) is 0 Å². The molecular weight excluding hydrogens is 300 g/mol. The maximum atomic E-state index is 12.4. The van der Waals surface area contributed by atoms with Gasteiger partial charge in [0.25, 0.3) is 10.0 Å². The lowest BCUT2D eigenvalue weighted by molar-refractivity contribution is 0.585. The minimum atomic E-state index is -4.48. The Hall–Kier alpha value is -1.90. The molecule has 2 rings (SSSR count). The third kappa shape index (κ3) is 2.82. The van der Waals surface area contributed by atoms with E-state index in [2.05, 4.69) is 0 Å². The molecule has 0 radical (unpaired) electrons. The summed E-state index contributed by atoms with van der Waals surface area (Å²) in [5.41, 5.74) is -0.0427. The third-order valence-electron chi connectivity index (χ3n) is 2.46. The molecule has 6 nitrogen and oxygen atoms in total. The number of nitrogens with zero attached hydrogens (tertiary/aromatic N) is 1. The molecule has 0 saturated carbocycles. The summed E-state index contributed by atoms with van der Waals surface area (Å²) < 4.78 is 48.5. The van der Waals surface area contributed by atoms with Crippen molar-refractivity contribution in [1.29, 1.82) is 0 Å². The average Bonchev–Trinajstić information content (AvgIpc) is 2.39. The van der Waals surface area contributed by atoms with E-state index in [0.717, 1.165) is 0 Å². The maximum absolute atomic E-state index is 12.4. The molecule has 0 amide bonds. The zero-order valence-corrected chi connectivity index (χ0v) is 11.9. The summed E-state index contributed by atoms with van der Waals surface area (Å²) in [6, 6.07) is 14.6. The molecule has 2 aromatic carbocycles. The summed E-state index contributed by atoms with van der Waals surface area (Å²) in [7, 11) is -8.77. The zero-order chi connectivity index (χ0) is 14.8. The number of para-hydroxylation sites is 1. The number of benzene rings is 2. The lowest BCUT2D eigenvalue weighted by Crippen LogP contribution is -2.41. The van der Waals surface area contributed by atoms with Crippen LogP contribution in [0.2, 0.25) is 0 Å². The summed E-state index contributed by atoms with van der Waals surface area (Å²) in [4.78, 5) is -0.155. The normalized spacial score (nSPS) is 12.1. The van der Waals surface area contributed by atoms with Crippen LogP contribution in [0.1, 0.15) is 0 Å². The van der Waals surface area contributed by atoms with Crippen LogP contribution in [0.25, 0.3) is 0 Å². The fourth-order valence-electron chi connectivity index (χ4n) is 1.66. The van der Waals surface area contributed by atoms with E-state index in [1.54, 1.807) is 12.1 Å². The summed E-state index contributed by atoms with van der Waals surface area (Å²) in [6.07, 6.45) is 0. The highest BCUT2D eigenvalue weighted by Crippen LogP contribution is 2.25. The molecule has 0 atom stereocenters. The van der Waals surface area contributed by atoms with Gasteiger partial charge < -0.3 is 0 Å². The monoisotopic (exact) mass is 312 g/mol. The lowest BCUT2D eigenvalue weighted by Gasteiger charge is -2.21. The van der Waals surface area contributed by atoms with Gasteiger partial charge in [-0.05, 0) is 24.3 Å². The van der Waals surface area contributed by atoms with Crippen LogP contribution in [0.3, 0.4) is 0 Å². The van der Waals surface area contributed by atoms with Gasteiger partial charge in [-0.2, -0.15) is 16.8 Å². The van der Waals surface area contributed by atoms with Crippen LogP contribution in [0.15, 0.2) is 65.6 Å². The second kappa shape index (κ2) is 5.23. The Balaban J connectivity index is 2.66. The molecule has 2 aromatic rings. The Morgan fingerprint density at radius 3 is 1.65 bits per heavy atom. The second-order valence-corrected chi connectivity index (χ2v) is 7.31. The van der Waals surface area contributed by atoms with E-state index in [4.69, 9.17) is 5.14 Å². The molecule has 0 fully saturated rings. The molecule has 0 unspecified atom stereocenters. The molecule has 0 heterocycles. The van der Waals surface area contributed by atoms with E-state index in [-0.39, 0.29) is 14.3 Å². The Morgan fingerprint density at radius 2 is 1.20 bits per heavy atom. The van der Waals surface area contributed by atoms with Crippen LogP contribution >= 0.6 is 0 Å². The van der Waals surface area contributed by atoms with Crippen molar-refractivity contribution in [3.05, 3.63) is 60.7 Å². The number of anilines is 1. The van der Waals surface area contributed by atoms with Crippen LogP contribution in [0.4, 0.5) is 5.69 Å². The van der Waals surface area contributed by atoms with E-state index >= 15 is 0 Å². The molecule has 2 N–H and O–H groups in total. The van der Waals surface area contributed by atoms with Crippen molar-refractivity contribution in [2.24, 2.45) is 5.14 Å². The quantitative estimate of drug-likeness (QED) is 0.913. The largest absolute Gasteiger partial charge is 0.312 e. The van der Waals surface area contributed by atoms with Gasteiger partial charge in [-0.3, -0.25) is 0 Å². The van der Waals surface area contributed by atoms with Gasteiger partial charge in [-0.25, -0.2) is 5.14 Å². The first-order chi connectivity index (χ1) is 9.33. The van der Waals surface area contributed by atoms with Crippen molar-refractivity contribution in [1.82, 2.24) is 0 Å². The Morgan fingerprint density at radius 1 is 0.750 bits per heavy atom. The first kappa shape index (κ1) is 14.5. The van der Waals surface area contributed by atoms with Gasteiger partial charge in [-0.1, -0.05) is 36.4 Å². The highest BCUT2D eigenvalue weighted by molar-refractivity contribution is 8.09. The molecule has 0 bridgehead atoms. The topological polar surface area (TPSA) is 97.5 Å². The third-order valence-corrected chi connectivity index (χ3v) is 5.86. The van der Waals surface area contributed by atoms with Crippen molar-refractivity contribution in [3.63, 3.8) is 0 Å². The average molecular weight is 312 g/mol. The van der Waals surface area contributed by atoms with Crippen molar-refractivity contribution in [3.8, 4) is 0 Å². The van der Waals surface area contributed by atoms with E-state index in [1.807, 2.05) is 0 Å². The Bertz CT molecular complexity index is 788. The van der Waals surface area contributed by atoms with Gasteiger partial charge in [0.05, 0.1) is 10.6 Å². The van der Waals surface area contributed by atoms with Gasteiger partial charge in [0.2, 0.25) is 0 Å². The molecule has 8 heteroatoms. The minimum Gasteiger partial charge on any atom is -0.210 e. The molecule has 0 spiro atoms. The van der Waals surface area contributed by atoms with Gasteiger partial charge in [-0.15, -0.1) is 3.71 Å². The first-order valence-corrected chi connectivity index (χ1v) is 8.46. The minimum absolute atomic E-state index is 0.0427. The number of rotatable bonds is 4. The molecular formula is C12H12N2O4S2. The van der Waals surface area contributed by atoms with Crippen molar-refractivity contribution in [2.75, 3.05) is 3.71 Å². The molecule has 0 aliphatic carbocycles. The summed E-state index contributed by atoms with van der Waals surface area (Å²) in [6.45, 7) is 0. The number of hydrogen-bond acceptors (Lipinski definition) is 4. The van der Waals surface area contributed by atoms with Crippen molar-refractivity contribution < 1.29 is 16.8 Å². The fourth-order valence-corrected chi connectivity index (χ4v) is 4.52.